The molecule has 290 valence electrons. The fourth-order valence-corrected chi connectivity index (χ4v) is 10.5. The molecule has 10 aromatic rings. The van der Waals surface area contributed by atoms with Crippen LogP contribution in [0.1, 0.15) is 43.2 Å². The van der Waals surface area contributed by atoms with E-state index in [0.717, 1.165) is 33.6 Å². The molecule has 2 aliphatic rings. The van der Waals surface area contributed by atoms with Crippen LogP contribution in [0.2, 0.25) is 0 Å². The summed E-state index contributed by atoms with van der Waals surface area (Å²) < 4.78 is 2.48. The minimum absolute atomic E-state index is 0.104. The molecule has 0 aliphatic heterocycles. The molecule has 1 spiro atoms. The van der Waals surface area contributed by atoms with Gasteiger partial charge in [-0.15, -0.1) is 0 Å². The normalized spacial score (nSPS) is 14.0. The first-order valence-electron chi connectivity index (χ1n) is 21.7. The first kappa shape index (κ1) is 35.6. The summed E-state index contributed by atoms with van der Waals surface area (Å²) in [7, 11) is 0. The number of hydrogen-bond donors (Lipinski definition) is 0. The van der Waals surface area contributed by atoms with Crippen LogP contribution in [0.15, 0.2) is 200 Å². The number of fused-ring (bicyclic) bond motifs is 8. The monoisotopic (exact) mass is 781 g/mol. The van der Waals surface area contributed by atoms with Gasteiger partial charge in [0.1, 0.15) is 0 Å². The van der Waals surface area contributed by atoms with Gasteiger partial charge in [0.15, 0.2) is 5.82 Å². The highest BCUT2D eigenvalue weighted by molar-refractivity contribution is 6.12. The van der Waals surface area contributed by atoms with Gasteiger partial charge >= 0.3 is 0 Å². The number of rotatable bonds is 6. The lowest BCUT2D eigenvalue weighted by atomic mass is 9.68. The maximum atomic E-state index is 5.20. The van der Waals surface area contributed by atoms with Crippen molar-refractivity contribution in [2.24, 2.45) is 0 Å². The molecule has 1 saturated carbocycles. The number of hydrogen-bond acceptors (Lipinski definition) is 2. The third-order valence-electron chi connectivity index (χ3n) is 13.4. The SMILES string of the molecule is c1ccc(-c2ccc(-c3cc(-c4cccc(-c5ccc6c7cc8c(cc7n(-c7ccccc7)c6c5)-c5ccccc5C85CCCCC5)c4)nc(-c4ccccc4)n3)cc2)cc1. The molecule has 12 rings (SSSR count). The minimum Gasteiger partial charge on any atom is -0.309 e. The molecule has 2 heterocycles. The average Bonchev–Trinajstić information content (AvgIpc) is 3.80. The van der Waals surface area contributed by atoms with E-state index in [2.05, 4.69) is 187 Å². The molecule has 0 amide bonds. The van der Waals surface area contributed by atoms with Crippen molar-refractivity contribution in [3.63, 3.8) is 0 Å². The molecule has 0 bridgehead atoms. The summed E-state index contributed by atoms with van der Waals surface area (Å²) in [4.78, 5) is 10.3. The molecule has 0 atom stereocenters. The first-order valence-corrected chi connectivity index (χ1v) is 21.7. The van der Waals surface area contributed by atoms with Crippen LogP contribution in [-0.2, 0) is 5.41 Å². The second-order valence-electron chi connectivity index (χ2n) is 16.9. The zero-order chi connectivity index (χ0) is 40.3. The molecule has 61 heavy (non-hydrogen) atoms. The van der Waals surface area contributed by atoms with E-state index in [9.17, 15) is 0 Å². The van der Waals surface area contributed by atoms with Gasteiger partial charge in [-0.3, -0.25) is 0 Å². The molecule has 3 heteroatoms. The quantitative estimate of drug-likeness (QED) is 0.168. The van der Waals surface area contributed by atoms with Gasteiger partial charge in [0.25, 0.3) is 0 Å². The van der Waals surface area contributed by atoms with Crippen LogP contribution in [0.25, 0.3) is 94.8 Å². The van der Waals surface area contributed by atoms with E-state index in [4.69, 9.17) is 9.97 Å². The zero-order valence-corrected chi connectivity index (χ0v) is 33.9. The van der Waals surface area contributed by atoms with Gasteiger partial charge in [-0.05, 0) is 99.8 Å². The Morgan fingerprint density at radius 1 is 0.361 bits per heavy atom. The number of nitrogens with zero attached hydrogens (tertiary/aromatic N) is 3. The third-order valence-corrected chi connectivity index (χ3v) is 13.4. The second kappa shape index (κ2) is 14.4. The summed E-state index contributed by atoms with van der Waals surface area (Å²) in [5, 5.41) is 2.61. The van der Waals surface area contributed by atoms with Gasteiger partial charge < -0.3 is 4.57 Å². The van der Waals surface area contributed by atoms with Crippen LogP contribution < -0.4 is 0 Å². The van der Waals surface area contributed by atoms with E-state index in [1.54, 1.807) is 0 Å². The maximum Gasteiger partial charge on any atom is 0.160 e. The smallest absolute Gasteiger partial charge is 0.160 e. The highest BCUT2D eigenvalue weighted by Crippen LogP contribution is 2.57. The molecule has 0 unspecified atom stereocenters. The van der Waals surface area contributed by atoms with Gasteiger partial charge in [-0.25, -0.2) is 9.97 Å². The Kier molecular flexibility index (Phi) is 8.41. The van der Waals surface area contributed by atoms with E-state index in [-0.39, 0.29) is 5.41 Å². The van der Waals surface area contributed by atoms with Crippen LogP contribution in [0.3, 0.4) is 0 Å². The topological polar surface area (TPSA) is 30.7 Å². The highest BCUT2D eigenvalue weighted by atomic mass is 15.0. The van der Waals surface area contributed by atoms with Crippen LogP contribution in [-0.4, -0.2) is 14.5 Å². The van der Waals surface area contributed by atoms with Crippen molar-refractivity contribution in [2.75, 3.05) is 0 Å². The second-order valence-corrected chi connectivity index (χ2v) is 16.9. The summed E-state index contributed by atoms with van der Waals surface area (Å²) in [5.41, 5.74) is 19.2. The van der Waals surface area contributed by atoms with Gasteiger partial charge in [0.05, 0.1) is 22.4 Å². The average molecular weight is 782 g/mol. The lowest BCUT2D eigenvalue weighted by Crippen LogP contribution is -2.27. The lowest BCUT2D eigenvalue weighted by molar-refractivity contribution is 0.353. The van der Waals surface area contributed by atoms with Crippen molar-refractivity contribution in [1.82, 2.24) is 14.5 Å². The molecule has 0 radical (unpaired) electrons. The van der Waals surface area contributed by atoms with Crippen molar-refractivity contribution in [3.05, 3.63) is 211 Å². The number of benzene rings is 8. The van der Waals surface area contributed by atoms with Crippen LogP contribution >= 0.6 is 0 Å². The Bertz CT molecular complexity index is 3250. The summed E-state index contributed by atoms with van der Waals surface area (Å²) in [6.07, 6.45) is 6.34. The maximum absolute atomic E-state index is 5.20. The molecule has 0 saturated heterocycles. The summed E-state index contributed by atoms with van der Waals surface area (Å²) >= 11 is 0. The van der Waals surface area contributed by atoms with E-state index in [1.165, 1.54) is 98.5 Å². The molecule has 1 fully saturated rings. The van der Waals surface area contributed by atoms with Crippen molar-refractivity contribution >= 4 is 21.8 Å². The molecular weight excluding hydrogens is 739 g/mol. The Morgan fingerprint density at radius 3 is 1.70 bits per heavy atom. The third kappa shape index (κ3) is 5.95. The van der Waals surface area contributed by atoms with Crippen molar-refractivity contribution < 1.29 is 0 Å². The Hall–Kier alpha value is -7.36. The Morgan fingerprint density at radius 2 is 0.934 bits per heavy atom. The standard InChI is InChI=1S/C58H43N3/c1-5-16-39(17-6-1)40-26-28-41(29-27-40)53-38-54(60-57(59-53)42-18-7-2-8-19-42)45-21-15-20-43(34-45)44-30-31-48-50-36-52-49(37-56(50)61(55(48)35-44)46-22-9-3-10-23-46)47-24-11-12-25-51(47)58(52)32-13-4-14-33-58/h1-3,5-12,15-31,34-38H,4,13-14,32-33H2. The van der Waals surface area contributed by atoms with Gasteiger partial charge in [0.2, 0.25) is 0 Å². The zero-order valence-electron chi connectivity index (χ0n) is 33.9. The molecule has 8 aromatic carbocycles. The summed E-state index contributed by atoms with van der Waals surface area (Å²) in [5.74, 6) is 0.712. The number of para-hydroxylation sites is 1. The van der Waals surface area contributed by atoms with Crippen molar-refractivity contribution in [2.45, 2.75) is 37.5 Å². The lowest BCUT2D eigenvalue weighted by Gasteiger charge is -2.36. The number of aromatic nitrogens is 3. The van der Waals surface area contributed by atoms with E-state index in [0.29, 0.717) is 5.82 Å². The molecule has 2 aromatic heterocycles. The van der Waals surface area contributed by atoms with Crippen molar-refractivity contribution in [3.8, 4) is 73.0 Å². The molecule has 2 aliphatic carbocycles. The molecule has 0 N–H and O–H groups in total. The first-order chi connectivity index (χ1) is 30.2. The molecular formula is C58H43N3. The van der Waals surface area contributed by atoms with Crippen LogP contribution in [0.4, 0.5) is 0 Å². The Labute approximate surface area is 356 Å². The minimum atomic E-state index is 0.104. The molecule has 3 nitrogen and oxygen atoms in total. The van der Waals surface area contributed by atoms with E-state index in [1.807, 2.05) is 18.2 Å². The predicted molar refractivity (Wildman–Crippen MR) is 253 cm³/mol. The summed E-state index contributed by atoms with van der Waals surface area (Å²) in [6.45, 7) is 0. The van der Waals surface area contributed by atoms with Gasteiger partial charge in [-0.2, -0.15) is 0 Å². The van der Waals surface area contributed by atoms with Crippen molar-refractivity contribution in [1.29, 1.82) is 0 Å². The van der Waals surface area contributed by atoms with Gasteiger partial charge in [-0.1, -0.05) is 177 Å². The van der Waals surface area contributed by atoms with Gasteiger partial charge in [0, 0.05) is 38.6 Å². The Balaban J connectivity index is 0.995. The highest BCUT2D eigenvalue weighted by Gasteiger charge is 2.44. The van der Waals surface area contributed by atoms with Crippen LogP contribution in [0.5, 0.6) is 0 Å². The fraction of sp³-hybridized carbons (Fsp3) is 0.103. The van der Waals surface area contributed by atoms with E-state index < -0.39 is 0 Å². The van der Waals surface area contributed by atoms with E-state index >= 15 is 0 Å². The largest absolute Gasteiger partial charge is 0.309 e. The fourth-order valence-electron chi connectivity index (χ4n) is 10.5. The van der Waals surface area contributed by atoms with Crippen LogP contribution in [0, 0.1) is 0 Å². The summed E-state index contributed by atoms with van der Waals surface area (Å²) in [6, 6.07) is 72.7. The predicted octanol–water partition coefficient (Wildman–Crippen LogP) is 15.1.